The van der Waals surface area contributed by atoms with Crippen molar-refractivity contribution in [3.63, 3.8) is 0 Å². The van der Waals surface area contributed by atoms with Gasteiger partial charge in [0.15, 0.2) is 5.76 Å². The molecule has 156 valence electrons. The van der Waals surface area contributed by atoms with Gasteiger partial charge in [-0.1, -0.05) is 19.3 Å². The van der Waals surface area contributed by atoms with Crippen LogP contribution in [0.15, 0.2) is 46.9 Å². The average Bonchev–Trinajstić information content (AvgIpc) is 3.10. The molecule has 3 aromatic rings. The van der Waals surface area contributed by atoms with Crippen LogP contribution in [0.4, 0.5) is 10.1 Å². The van der Waals surface area contributed by atoms with E-state index < -0.39 is 5.91 Å². The Labute approximate surface area is 174 Å². The van der Waals surface area contributed by atoms with Crippen molar-refractivity contribution >= 4 is 28.5 Å². The Hall–Kier alpha value is -3.15. The molecule has 30 heavy (non-hydrogen) atoms. The van der Waals surface area contributed by atoms with Gasteiger partial charge in [0, 0.05) is 35.3 Å². The van der Waals surface area contributed by atoms with Crippen molar-refractivity contribution in [2.75, 3.05) is 12.4 Å². The normalized spacial score (nSPS) is 14.6. The number of fused-ring (bicyclic) bond motifs is 1. The predicted octanol–water partition coefficient (Wildman–Crippen LogP) is 5.54. The number of aryl methyl sites for hydroxylation is 1. The molecular weight excluding hydrogens is 383 g/mol. The van der Waals surface area contributed by atoms with Crippen LogP contribution in [0.5, 0.6) is 0 Å². The third-order valence-corrected chi connectivity index (χ3v) is 5.94. The number of nitrogens with one attached hydrogen (secondary N) is 1. The van der Waals surface area contributed by atoms with Crippen molar-refractivity contribution in [2.45, 2.75) is 45.1 Å². The molecular formula is C24H25FN2O3. The zero-order chi connectivity index (χ0) is 21.3. The second-order valence-electron chi connectivity index (χ2n) is 7.94. The summed E-state index contributed by atoms with van der Waals surface area (Å²) in [5.74, 6) is -0.651. The second-order valence-corrected chi connectivity index (χ2v) is 7.94. The summed E-state index contributed by atoms with van der Waals surface area (Å²) in [6.45, 7) is 1.73. The van der Waals surface area contributed by atoms with Crippen molar-refractivity contribution in [1.29, 1.82) is 0 Å². The van der Waals surface area contributed by atoms with E-state index >= 15 is 0 Å². The van der Waals surface area contributed by atoms with Gasteiger partial charge in [-0.2, -0.15) is 0 Å². The number of halogens is 1. The fraction of sp³-hybridized carbons (Fsp3) is 0.333. The molecule has 0 saturated heterocycles. The molecule has 2 amide bonds. The number of hydrogen-bond acceptors (Lipinski definition) is 3. The van der Waals surface area contributed by atoms with Crippen molar-refractivity contribution in [1.82, 2.24) is 4.90 Å². The Morgan fingerprint density at radius 1 is 1.07 bits per heavy atom. The lowest BCUT2D eigenvalue weighted by molar-refractivity contribution is 0.0696. The van der Waals surface area contributed by atoms with E-state index in [2.05, 4.69) is 5.32 Å². The van der Waals surface area contributed by atoms with Crippen molar-refractivity contribution in [2.24, 2.45) is 0 Å². The highest BCUT2D eigenvalue weighted by Crippen LogP contribution is 2.27. The van der Waals surface area contributed by atoms with E-state index in [1.807, 2.05) is 11.9 Å². The minimum absolute atomic E-state index is 0.00469. The van der Waals surface area contributed by atoms with Crippen LogP contribution in [0.3, 0.4) is 0 Å². The molecule has 1 heterocycles. The monoisotopic (exact) mass is 408 g/mol. The Kier molecular flexibility index (Phi) is 5.57. The lowest BCUT2D eigenvalue weighted by atomic mass is 9.94. The number of rotatable bonds is 4. The molecule has 6 heteroatoms. The fourth-order valence-electron chi connectivity index (χ4n) is 4.13. The summed E-state index contributed by atoms with van der Waals surface area (Å²) in [6.07, 6.45) is 5.68. The van der Waals surface area contributed by atoms with Gasteiger partial charge in [0.2, 0.25) is 0 Å². The molecule has 5 nitrogen and oxygen atoms in total. The maximum absolute atomic E-state index is 13.5. The minimum Gasteiger partial charge on any atom is -0.451 e. The van der Waals surface area contributed by atoms with Crippen LogP contribution in [-0.2, 0) is 0 Å². The standard InChI is InChI=1S/C24H25FN2O3/c1-15-20-14-17(25)10-13-21(20)30-22(15)23(28)26-18-11-8-16(9-12-18)24(29)27(2)19-6-4-3-5-7-19/h8-14,19H,3-7H2,1-2H3,(H,26,28). The molecule has 0 atom stereocenters. The van der Waals surface area contributed by atoms with Gasteiger partial charge in [-0.25, -0.2) is 4.39 Å². The zero-order valence-corrected chi connectivity index (χ0v) is 17.2. The zero-order valence-electron chi connectivity index (χ0n) is 17.2. The summed E-state index contributed by atoms with van der Waals surface area (Å²) >= 11 is 0. The van der Waals surface area contributed by atoms with E-state index in [0.29, 0.717) is 33.8 Å². The number of carbonyl (C=O) groups excluding carboxylic acids is 2. The summed E-state index contributed by atoms with van der Waals surface area (Å²) in [5.41, 5.74) is 2.20. The summed E-state index contributed by atoms with van der Waals surface area (Å²) in [7, 11) is 1.86. The first-order valence-corrected chi connectivity index (χ1v) is 10.3. The fourth-order valence-corrected chi connectivity index (χ4v) is 4.13. The molecule has 4 rings (SSSR count). The van der Waals surface area contributed by atoms with E-state index in [1.165, 1.54) is 37.5 Å². The summed E-state index contributed by atoms with van der Waals surface area (Å²) < 4.78 is 19.1. The molecule has 0 radical (unpaired) electrons. The van der Waals surface area contributed by atoms with Crippen molar-refractivity contribution in [3.05, 3.63) is 65.2 Å². The van der Waals surface area contributed by atoms with E-state index in [1.54, 1.807) is 31.2 Å². The first-order chi connectivity index (χ1) is 14.4. The Bertz CT molecular complexity index is 1080. The van der Waals surface area contributed by atoms with Gasteiger partial charge in [0.05, 0.1) is 0 Å². The van der Waals surface area contributed by atoms with Gasteiger partial charge in [-0.15, -0.1) is 0 Å². The average molecular weight is 408 g/mol. The van der Waals surface area contributed by atoms with Gasteiger partial charge >= 0.3 is 0 Å². The molecule has 0 unspecified atom stereocenters. The molecule has 0 aliphatic heterocycles. The van der Waals surface area contributed by atoms with Gasteiger partial charge in [-0.3, -0.25) is 9.59 Å². The van der Waals surface area contributed by atoms with Crippen LogP contribution in [0.1, 0.15) is 58.6 Å². The van der Waals surface area contributed by atoms with Crippen LogP contribution in [-0.4, -0.2) is 29.8 Å². The number of nitrogens with zero attached hydrogens (tertiary/aromatic N) is 1. The number of amides is 2. The predicted molar refractivity (Wildman–Crippen MR) is 114 cm³/mol. The Morgan fingerprint density at radius 2 is 1.77 bits per heavy atom. The van der Waals surface area contributed by atoms with Gasteiger partial charge < -0.3 is 14.6 Å². The summed E-state index contributed by atoms with van der Waals surface area (Å²) in [4.78, 5) is 27.2. The lowest BCUT2D eigenvalue weighted by Crippen LogP contribution is -2.38. The maximum atomic E-state index is 13.5. The summed E-state index contributed by atoms with van der Waals surface area (Å²) in [6, 6.07) is 11.3. The van der Waals surface area contributed by atoms with Crippen molar-refractivity contribution < 1.29 is 18.4 Å². The Morgan fingerprint density at radius 3 is 2.47 bits per heavy atom. The minimum atomic E-state index is -0.414. The largest absolute Gasteiger partial charge is 0.451 e. The van der Waals surface area contributed by atoms with Crippen LogP contribution in [0, 0.1) is 12.7 Å². The van der Waals surface area contributed by atoms with Gasteiger partial charge in [-0.05, 0) is 62.2 Å². The smallest absolute Gasteiger partial charge is 0.291 e. The van der Waals surface area contributed by atoms with Gasteiger partial charge in [0.25, 0.3) is 11.8 Å². The first kappa shape index (κ1) is 20.1. The molecule has 1 aliphatic rings. The summed E-state index contributed by atoms with van der Waals surface area (Å²) in [5, 5.41) is 3.36. The lowest BCUT2D eigenvalue weighted by Gasteiger charge is -2.31. The highest BCUT2D eigenvalue weighted by Gasteiger charge is 2.23. The third-order valence-electron chi connectivity index (χ3n) is 5.94. The van der Waals surface area contributed by atoms with E-state index in [0.717, 1.165) is 12.8 Å². The van der Waals surface area contributed by atoms with E-state index in [4.69, 9.17) is 4.42 Å². The maximum Gasteiger partial charge on any atom is 0.291 e. The molecule has 0 bridgehead atoms. The Balaban J connectivity index is 1.46. The molecule has 1 aliphatic carbocycles. The number of benzene rings is 2. The number of anilines is 1. The number of hydrogen-bond donors (Lipinski definition) is 1. The van der Waals surface area contributed by atoms with Gasteiger partial charge in [0.1, 0.15) is 11.4 Å². The molecule has 1 N–H and O–H groups in total. The van der Waals surface area contributed by atoms with Crippen LogP contribution < -0.4 is 5.32 Å². The number of carbonyl (C=O) groups is 2. The molecule has 2 aromatic carbocycles. The first-order valence-electron chi connectivity index (χ1n) is 10.3. The molecule has 1 aromatic heterocycles. The third kappa shape index (κ3) is 3.95. The second kappa shape index (κ2) is 8.30. The molecule has 1 fully saturated rings. The molecule has 1 saturated carbocycles. The van der Waals surface area contributed by atoms with E-state index in [-0.39, 0.29) is 17.5 Å². The molecule has 0 spiro atoms. The van der Waals surface area contributed by atoms with Crippen LogP contribution >= 0.6 is 0 Å². The van der Waals surface area contributed by atoms with E-state index in [9.17, 15) is 14.0 Å². The highest BCUT2D eigenvalue weighted by molar-refractivity contribution is 6.06. The quantitative estimate of drug-likeness (QED) is 0.617. The SMILES string of the molecule is Cc1c(C(=O)Nc2ccc(C(=O)N(C)C3CCCCC3)cc2)oc2ccc(F)cc12. The topological polar surface area (TPSA) is 62.6 Å². The van der Waals surface area contributed by atoms with Crippen LogP contribution in [0.25, 0.3) is 11.0 Å². The highest BCUT2D eigenvalue weighted by atomic mass is 19.1. The van der Waals surface area contributed by atoms with Crippen molar-refractivity contribution in [3.8, 4) is 0 Å². The number of furan rings is 1. The van der Waals surface area contributed by atoms with Crippen LogP contribution in [0.2, 0.25) is 0 Å².